The maximum Gasteiger partial charge on any atom is 0.365 e. The molecule has 0 unspecified atom stereocenters. The molecule has 672 valence electrons. The Labute approximate surface area is 733 Å². The first-order valence-corrected chi connectivity index (χ1v) is 41.0. The van der Waals surface area contributed by atoms with Gasteiger partial charge in [0.2, 0.25) is 0 Å². The number of nitrogens with zero attached hydrogens (tertiary/aromatic N) is 4. The zero-order valence-electron chi connectivity index (χ0n) is 69.0. The number of phenolic OH excluding ortho intramolecular Hbond substituents is 4. The van der Waals surface area contributed by atoms with Gasteiger partial charge in [0.15, 0.2) is 23.1 Å². The molecular formula is C92H68N4O36. The number of phenols is 4. The van der Waals surface area contributed by atoms with Gasteiger partial charge in [0.25, 0.3) is 22.4 Å². The van der Waals surface area contributed by atoms with Crippen LogP contribution < -0.4 is 41.4 Å². The van der Waals surface area contributed by atoms with Crippen molar-refractivity contribution in [2.75, 3.05) is 28.4 Å². The van der Waals surface area contributed by atoms with Gasteiger partial charge in [-0.1, -0.05) is 48.5 Å². The van der Waals surface area contributed by atoms with E-state index in [1.807, 2.05) is 0 Å². The summed E-state index contributed by atoms with van der Waals surface area (Å²) in [4.78, 5) is 152. The number of Topliss-reactive ketones (excluding diaryl/α,β-unsaturated/α-hetero) is 4. The number of rotatable bonds is 4. The number of hydrogen-bond donors (Lipinski definition) is 12. The fourth-order valence-corrected chi connectivity index (χ4v) is 20.8. The van der Waals surface area contributed by atoms with Crippen LogP contribution in [0.1, 0.15) is 95.9 Å². The highest BCUT2D eigenvalue weighted by Crippen LogP contribution is 2.61. The molecular weight excluding hydrogens is 1740 g/mol. The zero-order valence-corrected chi connectivity index (χ0v) is 69.0. The lowest BCUT2D eigenvalue weighted by atomic mass is 9.73. The molecule has 4 aromatic heterocycles. The van der Waals surface area contributed by atoms with Crippen LogP contribution in [0, 0.1) is 0 Å². The Morgan fingerprint density at radius 3 is 0.833 bits per heavy atom. The molecule has 4 fully saturated rings. The van der Waals surface area contributed by atoms with Gasteiger partial charge in [-0.25, -0.2) is 57.3 Å². The molecule has 4 saturated carbocycles. The van der Waals surface area contributed by atoms with Crippen molar-refractivity contribution < 1.29 is 156 Å². The third-order valence-corrected chi connectivity index (χ3v) is 26.5. The molecule has 0 saturated heterocycles. The molecule has 0 bridgehead atoms. The summed E-state index contributed by atoms with van der Waals surface area (Å²) < 4.78 is 70.3. The quantitative estimate of drug-likeness (QED) is 0.0660. The number of methoxy groups -OCH3 is 4. The maximum atomic E-state index is 13.0. The summed E-state index contributed by atoms with van der Waals surface area (Å²) in [6, 6.07) is 25.5. The predicted molar refractivity (Wildman–Crippen MR) is 447 cm³/mol. The summed E-state index contributed by atoms with van der Waals surface area (Å²) in [6.45, 7) is 0.275. The van der Waals surface area contributed by atoms with E-state index in [1.54, 1.807) is 72.8 Å². The van der Waals surface area contributed by atoms with E-state index in [2.05, 4.69) is 0 Å². The van der Waals surface area contributed by atoms with Crippen LogP contribution in [0.2, 0.25) is 0 Å². The van der Waals surface area contributed by atoms with Crippen molar-refractivity contribution in [2.24, 2.45) is 0 Å². The van der Waals surface area contributed by atoms with Gasteiger partial charge in [-0.2, -0.15) is 0 Å². The van der Waals surface area contributed by atoms with E-state index in [-0.39, 0.29) is 134 Å². The molecule has 4 aliphatic carbocycles. The first-order chi connectivity index (χ1) is 63.2. The van der Waals surface area contributed by atoms with E-state index in [4.69, 9.17) is 56.0 Å². The molecule has 12 heterocycles. The molecule has 0 spiro atoms. The van der Waals surface area contributed by atoms with Crippen LogP contribution in [0.25, 0.3) is 111 Å². The number of hydrogen-bond acceptors (Lipinski definition) is 36. The maximum absolute atomic E-state index is 13.0. The number of benzene rings is 8. The summed E-state index contributed by atoms with van der Waals surface area (Å²) in [5, 5.41) is 133. The minimum atomic E-state index is -2.30. The first kappa shape index (κ1) is 82.8. The number of esters is 4. The van der Waals surface area contributed by atoms with Crippen LogP contribution in [-0.4, -0.2) is 203 Å². The highest BCUT2D eigenvalue weighted by molar-refractivity contribution is 6.18. The summed E-state index contributed by atoms with van der Waals surface area (Å²) in [7, 11) is 4.33. The molecule has 12 aliphatic rings. The third-order valence-electron chi connectivity index (χ3n) is 26.5. The van der Waals surface area contributed by atoms with Gasteiger partial charge in [0.1, 0.15) is 116 Å². The van der Waals surface area contributed by atoms with E-state index in [1.165, 1.54) is 43.2 Å². The minimum Gasteiger partial charge on any atom is -0.507 e. The number of ether oxygens (including phenoxy) is 8. The van der Waals surface area contributed by atoms with Crippen molar-refractivity contribution in [1.82, 2.24) is 19.0 Å². The lowest BCUT2D eigenvalue weighted by Gasteiger charge is -2.43. The van der Waals surface area contributed by atoms with Gasteiger partial charge in [0, 0.05) is 70.2 Å². The number of aromatic hydroxyl groups is 4. The third kappa shape index (κ3) is 10.7. The largest absolute Gasteiger partial charge is 0.507 e. The van der Waals surface area contributed by atoms with Gasteiger partial charge in [-0.3, -0.25) is 19.2 Å². The number of aliphatic hydroxyl groups is 8. The number of para-hydroxylation sites is 4. The standard InChI is InChI=1S/4C23H17NO9/c2*1-31-22(30)23-14(27)6-5-12(25)17(23)19(28)16-13(26)7-9-8-24-18-10(15(9)20(16)32-23)3-2-4-11(18)21(29)33-24;2*1-31-22(30)23-14(26)6-5-12(25)17(23)20(28)16-13(32-23)7-9-8-24-18-10(15(9)19(16)27)3-2-4-11(18)21(29)33-24/h4*2-4,7,14,26-28H,5-6,8H2,1H3/t14-,23+;14-,23-;14-,23+;14-,23-/m0000/s1. The summed E-state index contributed by atoms with van der Waals surface area (Å²) in [6.07, 6.45) is -6.70. The molecule has 40 heteroatoms. The molecule has 12 aromatic rings. The van der Waals surface area contributed by atoms with E-state index in [0.29, 0.717) is 110 Å². The number of ketones is 4. The number of fused-ring (bicyclic) bond motifs is 18. The molecule has 8 atom stereocenters. The summed E-state index contributed by atoms with van der Waals surface area (Å²) in [5.74, 6) is -11.2. The van der Waals surface area contributed by atoms with Crippen LogP contribution in [0.5, 0.6) is 46.0 Å². The van der Waals surface area contributed by atoms with Crippen molar-refractivity contribution >= 4 is 114 Å². The predicted octanol–water partition coefficient (Wildman–Crippen LogP) is 6.50. The second-order valence-corrected chi connectivity index (χ2v) is 33.1. The van der Waals surface area contributed by atoms with Gasteiger partial charge in [0.05, 0.1) is 121 Å². The molecule has 12 N–H and O–H groups in total. The van der Waals surface area contributed by atoms with Crippen LogP contribution in [-0.2, 0) is 83.5 Å². The smallest absolute Gasteiger partial charge is 0.365 e. The van der Waals surface area contributed by atoms with Gasteiger partial charge in [-0.15, -0.1) is 0 Å². The minimum absolute atomic E-state index is 0.0688. The second-order valence-electron chi connectivity index (χ2n) is 33.1. The fraction of sp³-hybridized carbons (Fsp3) is 0.261. The van der Waals surface area contributed by atoms with E-state index < -0.39 is 173 Å². The van der Waals surface area contributed by atoms with Gasteiger partial charge in [-0.05, 0) is 96.5 Å². The van der Waals surface area contributed by atoms with Crippen LogP contribution in [0.3, 0.4) is 0 Å². The van der Waals surface area contributed by atoms with Gasteiger partial charge < -0.3 is 117 Å². The molecule has 132 heavy (non-hydrogen) atoms. The van der Waals surface area contributed by atoms with Crippen molar-refractivity contribution in [3.63, 3.8) is 0 Å². The van der Waals surface area contributed by atoms with Crippen molar-refractivity contribution in [3.05, 3.63) is 206 Å². The average Bonchev–Trinajstić information content (AvgIpc) is 1.21. The van der Waals surface area contributed by atoms with E-state index in [0.717, 1.165) is 28.4 Å². The monoisotopic (exact) mass is 1800 g/mol. The van der Waals surface area contributed by atoms with Crippen LogP contribution in [0.4, 0.5) is 0 Å². The van der Waals surface area contributed by atoms with Crippen LogP contribution >= 0.6 is 0 Å². The number of carbonyl (C=O) groups excluding carboxylic acids is 8. The Morgan fingerprint density at radius 2 is 0.568 bits per heavy atom. The Kier molecular flexibility index (Phi) is 18.0. The van der Waals surface area contributed by atoms with E-state index in [9.17, 15) is 119 Å². The van der Waals surface area contributed by atoms with Crippen molar-refractivity contribution in [3.8, 4) is 90.5 Å². The molecule has 0 radical (unpaired) electrons. The molecule has 24 rings (SSSR count). The lowest BCUT2D eigenvalue weighted by molar-refractivity contribution is -0.170. The molecule has 8 aromatic carbocycles. The molecule has 8 aliphatic heterocycles. The fourth-order valence-electron chi connectivity index (χ4n) is 20.8. The summed E-state index contributed by atoms with van der Waals surface area (Å²) >= 11 is 0. The highest BCUT2D eigenvalue weighted by atomic mass is 16.6. The zero-order chi connectivity index (χ0) is 92.9. The summed E-state index contributed by atoms with van der Waals surface area (Å²) in [5.41, 5.74) is -6.45. The first-order valence-electron chi connectivity index (χ1n) is 41.0. The number of aliphatic hydroxyl groups excluding tert-OH is 8. The van der Waals surface area contributed by atoms with Crippen molar-refractivity contribution in [1.29, 1.82) is 0 Å². The second kappa shape index (κ2) is 28.6. The topological polar surface area (TPSA) is 594 Å². The molecule has 40 nitrogen and oxygen atoms in total. The average molecular weight is 1810 g/mol. The SMILES string of the molecule is COC(=O)[C@@]12Oc3c(c(O)cc4c3-c3cccc5c(=O)on(c35)C4)C(O)=C1C(=O)CC[C@@H]2O.COC(=O)[C@@]12Oc3cc4c(c(O)c3C(O)=C1C(=O)CC[C@@H]2O)-c1cccc2c(=O)on(c12)C4.COC(=O)[C@]12Oc3c(c(O)cc4c3-c3cccc5c(=O)on(c35)C4)C(O)=C1C(=O)CC[C@@H]2O.COC(=O)[C@]12Oc3cc4c(c(O)c3C(O)=C1C(=O)CC[C@@H]2O)-c1cccc2c(=O)on(c12)C4. The number of aromatic nitrogens is 4. The number of carbonyl (C=O) groups is 8. The van der Waals surface area contributed by atoms with E-state index >= 15 is 0 Å². The van der Waals surface area contributed by atoms with Crippen molar-refractivity contribution in [2.45, 2.75) is 124 Å². The normalized spacial score (nSPS) is 23.0. The van der Waals surface area contributed by atoms with Gasteiger partial charge >= 0.3 is 46.4 Å². The van der Waals surface area contributed by atoms with Crippen LogP contribution in [0.15, 0.2) is 157 Å². The Hall–Kier alpha value is -16.2. The molecule has 0 amide bonds. The highest BCUT2D eigenvalue weighted by Gasteiger charge is 2.66. The Morgan fingerprint density at radius 1 is 0.326 bits per heavy atom. The lowest BCUT2D eigenvalue weighted by Crippen LogP contribution is -2.61. The Bertz CT molecular complexity index is 7340. The Balaban J connectivity index is 0.000000106.